The van der Waals surface area contributed by atoms with E-state index in [9.17, 15) is 27.2 Å². The summed E-state index contributed by atoms with van der Waals surface area (Å²) in [6.45, 7) is -0.662. The van der Waals surface area contributed by atoms with E-state index < -0.39 is 41.1 Å². The smallest absolute Gasteiger partial charge is 0.417 e. The first-order valence-electron chi connectivity index (χ1n) is 8.73. The van der Waals surface area contributed by atoms with Crippen LogP contribution >= 0.6 is 11.6 Å². The van der Waals surface area contributed by atoms with Crippen LogP contribution < -0.4 is 5.32 Å². The van der Waals surface area contributed by atoms with Crippen LogP contribution in [0.5, 0.6) is 0 Å². The maximum Gasteiger partial charge on any atom is 0.417 e. The first kappa shape index (κ1) is 22.3. The Labute approximate surface area is 178 Å². The highest BCUT2D eigenvalue weighted by Crippen LogP contribution is 2.36. The fourth-order valence-corrected chi connectivity index (χ4v) is 2.93. The molecule has 0 saturated heterocycles. The first-order chi connectivity index (χ1) is 14.6. The van der Waals surface area contributed by atoms with Gasteiger partial charge in [-0.2, -0.15) is 17.6 Å². The van der Waals surface area contributed by atoms with E-state index in [0.29, 0.717) is 11.8 Å². The lowest BCUT2D eigenvalue weighted by atomic mass is 10.2. The van der Waals surface area contributed by atoms with Crippen molar-refractivity contribution in [1.29, 1.82) is 0 Å². The van der Waals surface area contributed by atoms with Crippen LogP contribution in [0.1, 0.15) is 21.7 Å². The van der Waals surface area contributed by atoms with Gasteiger partial charge in [0.05, 0.1) is 23.4 Å². The molecule has 6 nitrogen and oxygen atoms in total. The number of hydrogen-bond donors (Lipinski definition) is 1. The highest BCUT2D eigenvalue weighted by Gasteiger charge is 2.33. The molecule has 0 bridgehead atoms. The van der Waals surface area contributed by atoms with Crippen LogP contribution in [0, 0.1) is 5.95 Å². The SMILES string of the molecule is O=C(CN(Cc1ccco1)C(=O)c1ccnc(F)c1)Nc1ccc(Cl)c(C(F)(F)F)c1. The van der Waals surface area contributed by atoms with Crippen LogP contribution in [-0.4, -0.2) is 28.2 Å². The van der Waals surface area contributed by atoms with E-state index in [1.807, 2.05) is 0 Å². The molecule has 0 atom stereocenters. The lowest BCUT2D eigenvalue weighted by Crippen LogP contribution is -2.37. The van der Waals surface area contributed by atoms with Gasteiger partial charge in [0.15, 0.2) is 0 Å². The highest BCUT2D eigenvalue weighted by molar-refractivity contribution is 6.31. The van der Waals surface area contributed by atoms with Gasteiger partial charge in [-0.1, -0.05) is 11.6 Å². The van der Waals surface area contributed by atoms with E-state index in [1.54, 1.807) is 12.1 Å². The fourth-order valence-electron chi connectivity index (χ4n) is 2.70. The molecule has 0 aliphatic heterocycles. The molecule has 0 aliphatic carbocycles. The van der Waals surface area contributed by atoms with E-state index in [4.69, 9.17) is 16.0 Å². The molecule has 2 amide bonds. The third kappa shape index (κ3) is 5.82. The number of carbonyl (C=O) groups is 2. The average Bonchev–Trinajstić information content (AvgIpc) is 3.20. The summed E-state index contributed by atoms with van der Waals surface area (Å²) in [5.74, 6) is -2.00. The summed E-state index contributed by atoms with van der Waals surface area (Å²) in [6.07, 6.45) is -2.23. The zero-order valence-electron chi connectivity index (χ0n) is 15.6. The zero-order chi connectivity index (χ0) is 22.6. The lowest BCUT2D eigenvalue weighted by molar-refractivity contribution is -0.137. The van der Waals surface area contributed by atoms with Crippen molar-refractivity contribution in [2.75, 3.05) is 11.9 Å². The standard InChI is InChI=1S/C20H14ClF4N3O3/c21-16-4-3-13(9-15(16)20(23,24)25)27-18(29)11-28(10-14-2-1-7-31-14)19(30)12-5-6-26-17(22)8-12/h1-9H,10-11H2,(H,27,29). The Balaban J connectivity index is 1.79. The lowest BCUT2D eigenvalue weighted by Gasteiger charge is -2.21. The predicted octanol–water partition coefficient (Wildman–Crippen LogP) is 4.77. The Morgan fingerprint density at radius 3 is 2.58 bits per heavy atom. The molecule has 1 N–H and O–H groups in total. The molecule has 2 heterocycles. The topological polar surface area (TPSA) is 75.4 Å². The highest BCUT2D eigenvalue weighted by atomic mass is 35.5. The molecule has 0 saturated carbocycles. The summed E-state index contributed by atoms with van der Waals surface area (Å²) in [5, 5.41) is 1.79. The van der Waals surface area contributed by atoms with Gasteiger partial charge in [0, 0.05) is 23.5 Å². The van der Waals surface area contributed by atoms with Gasteiger partial charge in [0.25, 0.3) is 5.91 Å². The van der Waals surface area contributed by atoms with Gasteiger partial charge >= 0.3 is 6.18 Å². The quantitative estimate of drug-likeness (QED) is 0.429. The van der Waals surface area contributed by atoms with Gasteiger partial charge in [0.2, 0.25) is 11.9 Å². The van der Waals surface area contributed by atoms with Crippen molar-refractivity contribution in [2.24, 2.45) is 0 Å². The second kappa shape index (κ2) is 9.17. The minimum atomic E-state index is -4.70. The van der Waals surface area contributed by atoms with Crippen molar-refractivity contribution < 1.29 is 31.6 Å². The molecule has 2 aromatic heterocycles. The van der Waals surface area contributed by atoms with Crippen molar-refractivity contribution in [3.05, 3.63) is 82.8 Å². The molecule has 1 aromatic carbocycles. The maximum atomic E-state index is 13.4. The zero-order valence-corrected chi connectivity index (χ0v) is 16.4. The molecule has 0 radical (unpaired) electrons. The first-order valence-corrected chi connectivity index (χ1v) is 9.11. The Morgan fingerprint density at radius 2 is 1.94 bits per heavy atom. The number of nitrogens with zero attached hydrogens (tertiary/aromatic N) is 2. The second-order valence-corrected chi connectivity index (χ2v) is 6.76. The van der Waals surface area contributed by atoms with Gasteiger partial charge in [-0.05, 0) is 36.4 Å². The fraction of sp³-hybridized carbons (Fsp3) is 0.150. The van der Waals surface area contributed by atoms with Crippen molar-refractivity contribution in [2.45, 2.75) is 12.7 Å². The summed E-state index contributed by atoms with van der Waals surface area (Å²) in [5.41, 5.74) is -1.32. The Bertz CT molecular complexity index is 1090. The molecule has 0 unspecified atom stereocenters. The number of pyridine rings is 1. The minimum Gasteiger partial charge on any atom is -0.467 e. The number of alkyl halides is 3. The molecule has 0 fully saturated rings. The Morgan fingerprint density at radius 1 is 1.16 bits per heavy atom. The van der Waals surface area contributed by atoms with E-state index in [2.05, 4.69) is 10.3 Å². The maximum absolute atomic E-state index is 13.4. The number of furan rings is 1. The monoisotopic (exact) mass is 455 g/mol. The van der Waals surface area contributed by atoms with Crippen molar-refractivity contribution in [3.8, 4) is 0 Å². The second-order valence-electron chi connectivity index (χ2n) is 6.35. The molecule has 0 aliphatic rings. The Kier molecular flexibility index (Phi) is 6.59. The molecule has 3 aromatic rings. The van der Waals surface area contributed by atoms with E-state index >= 15 is 0 Å². The largest absolute Gasteiger partial charge is 0.467 e. The van der Waals surface area contributed by atoms with Crippen molar-refractivity contribution >= 4 is 29.1 Å². The predicted molar refractivity (Wildman–Crippen MR) is 103 cm³/mol. The number of rotatable bonds is 6. The summed E-state index contributed by atoms with van der Waals surface area (Å²) >= 11 is 5.57. The van der Waals surface area contributed by atoms with Crippen LogP contribution in [0.25, 0.3) is 0 Å². The number of hydrogen-bond acceptors (Lipinski definition) is 4. The van der Waals surface area contributed by atoms with Gasteiger partial charge in [0.1, 0.15) is 12.3 Å². The van der Waals surface area contributed by atoms with Crippen molar-refractivity contribution in [1.82, 2.24) is 9.88 Å². The molecule has 11 heteroatoms. The summed E-state index contributed by atoms with van der Waals surface area (Å²) in [6, 6.07) is 8.23. The van der Waals surface area contributed by atoms with Gasteiger partial charge in [-0.3, -0.25) is 9.59 Å². The molecule has 3 rings (SSSR count). The number of amides is 2. The minimum absolute atomic E-state index is 0.0577. The average molecular weight is 456 g/mol. The molecular formula is C20H14ClF4N3O3. The summed E-state index contributed by atoms with van der Waals surface area (Å²) in [7, 11) is 0. The number of benzene rings is 1. The Hall–Kier alpha value is -3.40. The van der Waals surface area contributed by atoms with E-state index in [0.717, 1.165) is 23.2 Å². The summed E-state index contributed by atoms with van der Waals surface area (Å²) < 4.78 is 57.6. The molecule has 0 spiro atoms. The summed E-state index contributed by atoms with van der Waals surface area (Å²) in [4.78, 5) is 29.7. The normalized spacial score (nSPS) is 11.3. The molecule has 31 heavy (non-hydrogen) atoms. The third-order valence-electron chi connectivity index (χ3n) is 4.08. The van der Waals surface area contributed by atoms with Crippen LogP contribution in [-0.2, 0) is 17.5 Å². The number of carbonyl (C=O) groups excluding carboxylic acids is 2. The van der Waals surface area contributed by atoms with Crippen molar-refractivity contribution in [3.63, 3.8) is 0 Å². The van der Waals surface area contributed by atoms with Crippen LogP contribution in [0.4, 0.5) is 23.2 Å². The van der Waals surface area contributed by atoms with Gasteiger partial charge in [-0.25, -0.2) is 4.98 Å². The number of aromatic nitrogens is 1. The van der Waals surface area contributed by atoms with Gasteiger partial charge < -0.3 is 14.6 Å². The molecule has 162 valence electrons. The van der Waals surface area contributed by atoms with Crippen LogP contribution in [0.15, 0.2) is 59.3 Å². The number of nitrogens with one attached hydrogen (secondary N) is 1. The number of halogens is 5. The third-order valence-corrected chi connectivity index (χ3v) is 4.41. The number of anilines is 1. The van der Waals surface area contributed by atoms with E-state index in [1.165, 1.54) is 18.4 Å². The van der Waals surface area contributed by atoms with Crippen LogP contribution in [0.3, 0.4) is 0 Å². The molecular weight excluding hydrogens is 442 g/mol. The van der Waals surface area contributed by atoms with E-state index in [-0.39, 0.29) is 17.8 Å². The van der Waals surface area contributed by atoms with Crippen LogP contribution in [0.2, 0.25) is 5.02 Å². The van der Waals surface area contributed by atoms with Gasteiger partial charge in [-0.15, -0.1) is 0 Å².